The molecule has 1 N–H and O–H groups in total. The number of hydrogen-bond acceptors (Lipinski definition) is 8. The monoisotopic (exact) mass is 443 g/mol. The van der Waals surface area contributed by atoms with E-state index in [1.807, 2.05) is 6.92 Å². The fraction of sp³-hybridized carbons (Fsp3) is 0.458. The number of Topliss-reactive ketones (excluding diaryl/α,β-unsaturated/α-hetero) is 1. The van der Waals surface area contributed by atoms with E-state index in [4.69, 9.17) is 18.9 Å². The molecule has 0 spiro atoms. The molecule has 0 radical (unpaired) electrons. The third-order valence-corrected chi connectivity index (χ3v) is 5.99. The van der Waals surface area contributed by atoms with E-state index in [0.29, 0.717) is 46.0 Å². The minimum atomic E-state index is -0.950. The number of carbonyl (C=O) groups excluding carboxylic acids is 3. The molecular formula is C24H29NO7. The topological polar surface area (TPSA) is 100 Å². The summed E-state index contributed by atoms with van der Waals surface area (Å²) in [5.74, 6) is -2.42. The first kappa shape index (κ1) is 23.4. The number of carbonyl (C=O) groups is 3. The molecule has 1 heterocycles. The highest BCUT2D eigenvalue weighted by molar-refractivity contribution is 6.12. The minimum Gasteiger partial charge on any atom is -0.497 e. The molecule has 2 aliphatic rings. The third kappa shape index (κ3) is 3.97. The van der Waals surface area contributed by atoms with Crippen molar-refractivity contribution in [3.8, 4) is 11.5 Å². The number of ketones is 1. The molecule has 0 unspecified atom stereocenters. The maximum atomic E-state index is 13.7. The first-order valence-electron chi connectivity index (χ1n) is 10.5. The minimum absolute atomic E-state index is 0.184. The van der Waals surface area contributed by atoms with Crippen molar-refractivity contribution in [3.63, 3.8) is 0 Å². The number of methoxy groups -OCH3 is 3. The van der Waals surface area contributed by atoms with Gasteiger partial charge in [-0.2, -0.15) is 0 Å². The molecule has 8 heteroatoms. The van der Waals surface area contributed by atoms with Crippen LogP contribution in [-0.2, 0) is 23.9 Å². The Hall–Kier alpha value is -3.29. The van der Waals surface area contributed by atoms with E-state index >= 15 is 0 Å². The fourth-order valence-corrected chi connectivity index (χ4v) is 4.53. The van der Waals surface area contributed by atoms with E-state index < -0.39 is 23.8 Å². The van der Waals surface area contributed by atoms with Gasteiger partial charge in [-0.3, -0.25) is 9.59 Å². The maximum Gasteiger partial charge on any atom is 0.336 e. The van der Waals surface area contributed by atoms with Crippen LogP contribution in [0.25, 0.3) is 0 Å². The molecule has 1 aromatic rings. The van der Waals surface area contributed by atoms with Crippen LogP contribution < -0.4 is 14.8 Å². The number of dihydropyridines is 1. The van der Waals surface area contributed by atoms with Crippen LogP contribution in [0.15, 0.2) is 40.7 Å². The summed E-state index contributed by atoms with van der Waals surface area (Å²) in [6.07, 6.45) is 0.462. The molecule has 0 amide bonds. The van der Waals surface area contributed by atoms with E-state index in [1.54, 1.807) is 39.2 Å². The molecule has 3 rings (SSSR count). The van der Waals surface area contributed by atoms with Crippen molar-refractivity contribution in [2.45, 2.75) is 33.1 Å². The SMILES string of the molecule is CCOC(=O)C1=C(C)NC2=C(C(=O)[C@@H](C(=O)OC)[C@H](C)C2)[C@H]1c1ccc(OC)cc1OC. The lowest BCUT2D eigenvalue weighted by atomic mass is 9.69. The summed E-state index contributed by atoms with van der Waals surface area (Å²) < 4.78 is 21.1. The number of esters is 2. The van der Waals surface area contributed by atoms with Gasteiger partial charge < -0.3 is 24.3 Å². The van der Waals surface area contributed by atoms with Gasteiger partial charge in [0, 0.05) is 28.6 Å². The Balaban J connectivity index is 2.25. The zero-order valence-corrected chi connectivity index (χ0v) is 19.2. The fourth-order valence-electron chi connectivity index (χ4n) is 4.53. The van der Waals surface area contributed by atoms with E-state index in [2.05, 4.69) is 5.32 Å². The van der Waals surface area contributed by atoms with Crippen molar-refractivity contribution in [3.05, 3.63) is 46.3 Å². The molecule has 0 fully saturated rings. The van der Waals surface area contributed by atoms with Crippen LogP contribution in [0.1, 0.15) is 38.7 Å². The van der Waals surface area contributed by atoms with E-state index in [0.717, 1.165) is 0 Å². The average Bonchev–Trinajstić information content (AvgIpc) is 2.77. The Morgan fingerprint density at radius 1 is 1.16 bits per heavy atom. The molecule has 1 aliphatic heterocycles. The second-order valence-electron chi connectivity index (χ2n) is 7.86. The highest BCUT2D eigenvalue weighted by Gasteiger charge is 2.47. The van der Waals surface area contributed by atoms with Gasteiger partial charge in [0.15, 0.2) is 5.78 Å². The van der Waals surface area contributed by atoms with Gasteiger partial charge in [0.2, 0.25) is 0 Å². The zero-order valence-electron chi connectivity index (χ0n) is 19.2. The van der Waals surface area contributed by atoms with E-state index in [-0.39, 0.29) is 18.3 Å². The van der Waals surface area contributed by atoms with Crippen LogP contribution >= 0.6 is 0 Å². The summed E-state index contributed by atoms with van der Waals surface area (Å²) >= 11 is 0. The number of nitrogens with one attached hydrogen (secondary N) is 1. The Kier molecular flexibility index (Phi) is 6.91. The molecule has 0 aromatic heterocycles. The number of rotatable bonds is 6. The second-order valence-corrected chi connectivity index (χ2v) is 7.86. The Labute approximate surface area is 187 Å². The zero-order chi connectivity index (χ0) is 23.6. The molecule has 0 saturated carbocycles. The first-order chi connectivity index (χ1) is 15.3. The molecule has 172 valence electrons. The van der Waals surface area contributed by atoms with Crippen LogP contribution in [0.2, 0.25) is 0 Å². The van der Waals surface area contributed by atoms with Crippen LogP contribution in [-0.4, -0.2) is 45.7 Å². The molecule has 1 aliphatic carbocycles. The van der Waals surface area contributed by atoms with Crippen molar-refractivity contribution >= 4 is 17.7 Å². The normalized spacial score (nSPS) is 22.7. The van der Waals surface area contributed by atoms with Crippen LogP contribution in [0.5, 0.6) is 11.5 Å². The van der Waals surface area contributed by atoms with Gasteiger partial charge in [0.25, 0.3) is 0 Å². The lowest BCUT2D eigenvalue weighted by molar-refractivity contribution is -0.151. The van der Waals surface area contributed by atoms with Crippen molar-refractivity contribution in [2.75, 3.05) is 27.9 Å². The van der Waals surface area contributed by atoms with Crippen molar-refractivity contribution in [1.82, 2.24) is 5.32 Å². The van der Waals surface area contributed by atoms with Crippen LogP contribution in [0.3, 0.4) is 0 Å². The molecule has 8 nitrogen and oxygen atoms in total. The summed E-state index contributed by atoms with van der Waals surface area (Å²) in [5.41, 5.74) is 2.56. The van der Waals surface area contributed by atoms with Crippen molar-refractivity contribution in [2.24, 2.45) is 11.8 Å². The summed E-state index contributed by atoms with van der Waals surface area (Å²) in [7, 11) is 4.32. The van der Waals surface area contributed by atoms with E-state index in [9.17, 15) is 14.4 Å². The van der Waals surface area contributed by atoms with Gasteiger partial charge in [-0.25, -0.2) is 4.79 Å². The summed E-state index contributed by atoms with van der Waals surface area (Å²) in [6, 6.07) is 5.21. The Morgan fingerprint density at radius 3 is 2.47 bits per heavy atom. The summed E-state index contributed by atoms with van der Waals surface area (Å²) in [6.45, 7) is 5.52. The number of allylic oxidation sites excluding steroid dienone is 3. The highest BCUT2D eigenvalue weighted by Crippen LogP contribution is 2.48. The quantitative estimate of drug-likeness (QED) is 0.529. The first-order valence-corrected chi connectivity index (χ1v) is 10.5. The number of benzene rings is 1. The molecular weight excluding hydrogens is 414 g/mol. The lowest BCUT2D eigenvalue weighted by Crippen LogP contribution is -2.43. The van der Waals surface area contributed by atoms with Crippen molar-refractivity contribution in [1.29, 1.82) is 0 Å². The van der Waals surface area contributed by atoms with Gasteiger partial charge in [0.1, 0.15) is 17.4 Å². The second kappa shape index (κ2) is 9.46. The molecule has 3 atom stereocenters. The van der Waals surface area contributed by atoms with Gasteiger partial charge >= 0.3 is 11.9 Å². The smallest absolute Gasteiger partial charge is 0.336 e. The van der Waals surface area contributed by atoms with E-state index in [1.165, 1.54) is 14.2 Å². The van der Waals surface area contributed by atoms with Gasteiger partial charge in [-0.05, 0) is 32.3 Å². The third-order valence-electron chi connectivity index (χ3n) is 5.99. The summed E-state index contributed by atoms with van der Waals surface area (Å²) in [4.78, 5) is 39.2. The summed E-state index contributed by atoms with van der Waals surface area (Å²) in [5, 5.41) is 3.23. The highest BCUT2D eigenvalue weighted by atomic mass is 16.5. The van der Waals surface area contributed by atoms with Crippen LogP contribution in [0.4, 0.5) is 0 Å². The molecule has 1 aromatic carbocycles. The number of ether oxygens (including phenoxy) is 4. The Bertz CT molecular complexity index is 1010. The standard InChI is InChI=1S/C24H29NO7/c1-7-32-24(28)19-13(3)25-16-10-12(2)18(23(27)31-6)22(26)21(16)20(19)15-9-8-14(29-4)11-17(15)30-5/h8-9,11-12,18,20,25H,7,10H2,1-6H3/t12-,18+,20+/m1/s1. The van der Waals surface area contributed by atoms with Gasteiger partial charge in [-0.1, -0.05) is 13.0 Å². The predicted octanol–water partition coefficient (Wildman–Crippen LogP) is 2.88. The Morgan fingerprint density at radius 2 is 1.88 bits per heavy atom. The van der Waals surface area contributed by atoms with Gasteiger partial charge in [-0.15, -0.1) is 0 Å². The maximum absolute atomic E-state index is 13.7. The average molecular weight is 443 g/mol. The number of hydrogen-bond donors (Lipinski definition) is 1. The van der Waals surface area contributed by atoms with Crippen molar-refractivity contribution < 1.29 is 33.3 Å². The van der Waals surface area contributed by atoms with Crippen LogP contribution in [0, 0.1) is 11.8 Å². The predicted molar refractivity (Wildman–Crippen MR) is 116 cm³/mol. The molecule has 0 saturated heterocycles. The largest absolute Gasteiger partial charge is 0.497 e. The molecule has 0 bridgehead atoms. The molecule has 32 heavy (non-hydrogen) atoms. The lowest BCUT2D eigenvalue weighted by Gasteiger charge is -2.38. The van der Waals surface area contributed by atoms with Gasteiger partial charge in [0.05, 0.1) is 39.4 Å².